The smallest absolute Gasteiger partial charge is 0.242 e. The molecule has 0 aliphatic carbocycles. The molecule has 1 atom stereocenters. The molecule has 2 aromatic carbocycles. The lowest BCUT2D eigenvalue weighted by molar-refractivity contribution is -0.140. The van der Waals surface area contributed by atoms with E-state index < -0.39 is 16.1 Å². The third kappa shape index (κ3) is 8.28. The fourth-order valence-corrected chi connectivity index (χ4v) is 4.69. The summed E-state index contributed by atoms with van der Waals surface area (Å²) in [7, 11) is -3.60. The van der Waals surface area contributed by atoms with Crippen LogP contribution in [0.1, 0.15) is 44.7 Å². The fourth-order valence-electron chi connectivity index (χ4n) is 3.72. The highest BCUT2D eigenvalue weighted by Gasteiger charge is 2.27. The summed E-state index contributed by atoms with van der Waals surface area (Å²) in [5.41, 5.74) is 2.47. The van der Waals surface area contributed by atoms with E-state index >= 15 is 0 Å². The largest absolute Gasteiger partial charge is 0.492 e. The number of rotatable bonds is 13. The Balaban J connectivity index is 2.18. The van der Waals surface area contributed by atoms with Gasteiger partial charge in [-0.25, -0.2) is 8.42 Å². The number of nitrogens with one attached hydrogen (secondary N) is 1. The van der Waals surface area contributed by atoms with E-state index in [4.69, 9.17) is 4.74 Å². The van der Waals surface area contributed by atoms with Gasteiger partial charge in [0, 0.05) is 26.1 Å². The Labute approximate surface area is 209 Å². The Morgan fingerprint density at radius 1 is 1.06 bits per heavy atom. The van der Waals surface area contributed by atoms with Crippen molar-refractivity contribution in [2.24, 2.45) is 0 Å². The Bertz CT molecular complexity index is 1090. The molecule has 0 spiro atoms. The summed E-state index contributed by atoms with van der Waals surface area (Å²) in [6, 6.07) is 14.1. The molecule has 192 valence electrons. The number of sulfonamides is 1. The van der Waals surface area contributed by atoms with Crippen LogP contribution in [0.15, 0.2) is 48.5 Å². The average Bonchev–Trinajstić information content (AvgIpc) is 2.81. The van der Waals surface area contributed by atoms with Crippen LogP contribution in [0.2, 0.25) is 0 Å². The second kappa shape index (κ2) is 13.1. The standard InChI is InChI=1S/C26H37N3O5S/c1-6-27-26(31)21(4)28(19-22-16-14-20(3)15-17-22)25(30)13-10-18-29(35(5,32)33)23-11-8-9-12-24(23)34-7-2/h8-9,11-12,14-17,21H,6-7,10,13,18-19H2,1-5H3,(H,27,31)/t21-/m0/s1. The summed E-state index contributed by atoms with van der Waals surface area (Å²) in [6.45, 7) is 8.63. The fraction of sp³-hybridized carbons (Fsp3) is 0.462. The molecule has 0 unspecified atom stereocenters. The van der Waals surface area contributed by atoms with E-state index in [0.29, 0.717) is 37.6 Å². The van der Waals surface area contributed by atoms with Gasteiger partial charge in [0.2, 0.25) is 21.8 Å². The zero-order valence-corrected chi connectivity index (χ0v) is 22.1. The Morgan fingerprint density at radius 3 is 2.31 bits per heavy atom. The van der Waals surface area contributed by atoms with Crippen molar-refractivity contribution in [3.63, 3.8) is 0 Å². The Kier molecular flexibility index (Phi) is 10.6. The maximum atomic E-state index is 13.3. The number of carbonyl (C=O) groups is 2. The number of carbonyl (C=O) groups excluding carboxylic acids is 2. The average molecular weight is 504 g/mol. The molecule has 9 heteroatoms. The van der Waals surface area contributed by atoms with Crippen LogP contribution < -0.4 is 14.4 Å². The number of ether oxygens (including phenoxy) is 1. The number of amides is 2. The molecule has 8 nitrogen and oxygen atoms in total. The van der Waals surface area contributed by atoms with Gasteiger partial charge in [-0.05, 0) is 51.8 Å². The maximum absolute atomic E-state index is 13.3. The lowest BCUT2D eigenvalue weighted by Crippen LogP contribution is -2.47. The molecule has 0 saturated carbocycles. The van der Waals surface area contributed by atoms with Crippen molar-refractivity contribution >= 4 is 27.5 Å². The minimum Gasteiger partial charge on any atom is -0.492 e. The quantitative estimate of drug-likeness (QED) is 0.451. The summed E-state index contributed by atoms with van der Waals surface area (Å²) in [4.78, 5) is 27.3. The predicted molar refractivity (Wildman–Crippen MR) is 139 cm³/mol. The number of benzene rings is 2. The van der Waals surface area contributed by atoms with Gasteiger partial charge in [0.25, 0.3) is 0 Å². The molecule has 2 amide bonds. The monoisotopic (exact) mass is 503 g/mol. The highest BCUT2D eigenvalue weighted by atomic mass is 32.2. The van der Waals surface area contributed by atoms with Crippen LogP contribution in [0.3, 0.4) is 0 Å². The van der Waals surface area contributed by atoms with Crippen molar-refractivity contribution in [1.82, 2.24) is 10.2 Å². The molecule has 0 saturated heterocycles. The van der Waals surface area contributed by atoms with Crippen molar-refractivity contribution in [2.75, 3.05) is 30.3 Å². The summed E-state index contributed by atoms with van der Waals surface area (Å²) in [5, 5.41) is 2.78. The SMILES string of the molecule is CCNC(=O)[C@H](C)N(Cc1ccc(C)cc1)C(=O)CCCN(c1ccccc1OCC)S(C)(=O)=O. The lowest BCUT2D eigenvalue weighted by atomic mass is 10.1. The van der Waals surface area contributed by atoms with Gasteiger partial charge in [0.15, 0.2) is 0 Å². The van der Waals surface area contributed by atoms with Crippen LogP contribution >= 0.6 is 0 Å². The van der Waals surface area contributed by atoms with Crippen molar-refractivity contribution in [3.8, 4) is 5.75 Å². The van der Waals surface area contributed by atoms with E-state index in [2.05, 4.69) is 5.32 Å². The maximum Gasteiger partial charge on any atom is 0.242 e. The number of hydrogen-bond donors (Lipinski definition) is 1. The molecular formula is C26H37N3O5S. The number of para-hydroxylation sites is 2. The van der Waals surface area contributed by atoms with Crippen LogP contribution in [-0.2, 0) is 26.2 Å². The summed E-state index contributed by atoms with van der Waals surface area (Å²) < 4.78 is 32.0. The highest BCUT2D eigenvalue weighted by Crippen LogP contribution is 2.30. The highest BCUT2D eigenvalue weighted by molar-refractivity contribution is 7.92. The lowest BCUT2D eigenvalue weighted by Gasteiger charge is -2.29. The first kappa shape index (κ1) is 28.2. The number of aryl methyl sites for hydroxylation is 1. The Hall–Kier alpha value is -3.07. The van der Waals surface area contributed by atoms with Crippen molar-refractivity contribution in [1.29, 1.82) is 0 Å². The molecular weight excluding hydrogens is 466 g/mol. The molecule has 0 fully saturated rings. The van der Waals surface area contributed by atoms with E-state index in [-0.39, 0.29) is 24.8 Å². The van der Waals surface area contributed by atoms with E-state index in [9.17, 15) is 18.0 Å². The summed E-state index contributed by atoms with van der Waals surface area (Å²) in [6.07, 6.45) is 1.52. The molecule has 35 heavy (non-hydrogen) atoms. The van der Waals surface area contributed by atoms with E-state index in [1.807, 2.05) is 45.0 Å². The summed E-state index contributed by atoms with van der Waals surface area (Å²) in [5.74, 6) is 0.0323. The predicted octanol–water partition coefficient (Wildman–Crippen LogP) is 3.49. The van der Waals surface area contributed by atoms with E-state index in [0.717, 1.165) is 17.4 Å². The number of hydrogen-bond acceptors (Lipinski definition) is 5. The van der Waals surface area contributed by atoms with Crippen LogP contribution in [0.4, 0.5) is 5.69 Å². The molecule has 2 aromatic rings. The number of anilines is 1. The third-order valence-electron chi connectivity index (χ3n) is 5.58. The molecule has 0 radical (unpaired) electrons. The van der Waals surface area contributed by atoms with E-state index in [1.165, 1.54) is 4.31 Å². The van der Waals surface area contributed by atoms with Crippen molar-refractivity contribution < 1.29 is 22.7 Å². The van der Waals surface area contributed by atoms with Gasteiger partial charge >= 0.3 is 0 Å². The van der Waals surface area contributed by atoms with Gasteiger partial charge in [-0.15, -0.1) is 0 Å². The van der Waals surface area contributed by atoms with Gasteiger partial charge in [-0.3, -0.25) is 13.9 Å². The second-order valence-electron chi connectivity index (χ2n) is 8.42. The second-order valence-corrected chi connectivity index (χ2v) is 10.3. The number of nitrogens with zero attached hydrogens (tertiary/aromatic N) is 2. The molecule has 0 heterocycles. The van der Waals surface area contributed by atoms with Gasteiger partial charge in [0.1, 0.15) is 11.8 Å². The van der Waals surface area contributed by atoms with Crippen LogP contribution in [0.5, 0.6) is 5.75 Å². The molecule has 0 bridgehead atoms. The normalized spacial score (nSPS) is 12.0. The first-order valence-corrected chi connectivity index (χ1v) is 13.8. The van der Waals surface area contributed by atoms with Gasteiger partial charge in [-0.2, -0.15) is 0 Å². The number of likely N-dealkylation sites (N-methyl/N-ethyl adjacent to an activating group) is 1. The third-order valence-corrected chi connectivity index (χ3v) is 6.76. The molecule has 2 rings (SSSR count). The zero-order chi connectivity index (χ0) is 26.0. The minimum atomic E-state index is -3.60. The zero-order valence-electron chi connectivity index (χ0n) is 21.3. The summed E-state index contributed by atoms with van der Waals surface area (Å²) >= 11 is 0. The molecule has 0 aliphatic rings. The Morgan fingerprint density at radius 2 is 1.71 bits per heavy atom. The van der Waals surface area contributed by atoms with Crippen molar-refractivity contribution in [2.45, 2.75) is 53.1 Å². The first-order chi connectivity index (χ1) is 16.6. The molecule has 0 aliphatic heterocycles. The molecule has 1 N–H and O–H groups in total. The van der Waals surface area contributed by atoms with Gasteiger partial charge in [-0.1, -0.05) is 42.0 Å². The van der Waals surface area contributed by atoms with E-state index in [1.54, 1.807) is 36.1 Å². The molecule has 0 aromatic heterocycles. The van der Waals surface area contributed by atoms with Crippen LogP contribution in [-0.4, -0.2) is 57.1 Å². The van der Waals surface area contributed by atoms with Gasteiger partial charge in [0.05, 0.1) is 18.6 Å². The van der Waals surface area contributed by atoms with Crippen LogP contribution in [0, 0.1) is 6.92 Å². The van der Waals surface area contributed by atoms with Crippen LogP contribution in [0.25, 0.3) is 0 Å². The van der Waals surface area contributed by atoms with Gasteiger partial charge < -0.3 is 15.0 Å². The topological polar surface area (TPSA) is 96.0 Å². The van der Waals surface area contributed by atoms with Crippen molar-refractivity contribution in [3.05, 3.63) is 59.7 Å². The first-order valence-electron chi connectivity index (χ1n) is 11.9. The minimum absolute atomic E-state index is 0.0957.